The van der Waals surface area contributed by atoms with E-state index in [4.69, 9.17) is 9.15 Å². The van der Waals surface area contributed by atoms with Crippen molar-refractivity contribution in [1.29, 1.82) is 0 Å². The number of amides is 2. The number of aliphatic hydroxyl groups is 1. The molecule has 1 atom stereocenters. The smallest absolute Gasteiger partial charge is 0.315 e. The van der Waals surface area contributed by atoms with Gasteiger partial charge in [-0.2, -0.15) is 0 Å². The molecule has 0 aliphatic heterocycles. The molecule has 3 N–H and O–H groups in total. The van der Waals surface area contributed by atoms with E-state index in [0.29, 0.717) is 11.8 Å². The van der Waals surface area contributed by atoms with Gasteiger partial charge in [0.25, 0.3) is 0 Å². The zero-order valence-corrected chi connectivity index (χ0v) is 12.1. The van der Waals surface area contributed by atoms with Gasteiger partial charge in [0.05, 0.1) is 19.4 Å². The van der Waals surface area contributed by atoms with E-state index < -0.39 is 23.8 Å². The van der Waals surface area contributed by atoms with Gasteiger partial charge in [-0.25, -0.2) is 13.6 Å². The summed E-state index contributed by atoms with van der Waals surface area (Å²) in [5.41, 5.74) is 0. The number of urea groups is 1. The van der Waals surface area contributed by atoms with Crippen LogP contribution in [0.4, 0.5) is 13.6 Å². The number of benzene rings is 1. The van der Waals surface area contributed by atoms with Crippen LogP contribution in [0.3, 0.4) is 0 Å². The Hall–Kier alpha value is -2.61. The third kappa shape index (κ3) is 5.26. The number of halogens is 2. The highest BCUT2D eigenvalue weighted by Gasteiger charge is 2.11. The maximum atomic E-state index is 13.3. The van der Waals surface area contributed by atoms with Crippen LogP contribution >= 0.6 is 0 Å². The molecule has 1 heterocycles. The Labute approximate surface area is 131 Å². The van der Waals surface area contributed by atoms with E-state index in [1.807, 2.05) is 0 Å². The lowest BCUT2D eigenvalue weighted by molar-refractivity contribution is 0.147. The van der Waals surface area contributed by atoms with Crippen molar-refractivity contribution in [3.63, 3.8) is 0 Å². The fraction of sp³-hybridized carbons (Fsp3) is 0.267. The first-order chi connectivity index (χ1) is 11.1. The van der Waals surface area contributed by atoms with Gasteiger partial charge in [-0.3, -0.25) is 0 Å². The van der Waals surface area contributed by atoms with Crippen LogP contribution in [0.2, 0.25) is 0 Å². The predicted molar refractivity (Wildman–Crippen MR) is 76.9 cm³/mol. The van der Waals surface area contributed by atoms with Crippen LogP contribution in [-0.2, 0) is 0 Å². The SMILES string of the molecule is O=C(NCCOc1ccc(F)cc1F)NCC(O)c1ccco1. The van der Waals surface area contributed by atoms with Crippen LogP contribution < -0.4 is 15.4 Å². The third-order valence-corrected chi connectivity index (χ3v) is 2.87. The van der Waals surface area contributed by atoms with Crippen LogP contribution in [0.15, 0.2) is 41.0 Å². The van der Waals surface area contributed by atoms with Crippen molar-refractivity contribution in [3.8, 4) is 5.75 Å². The summed E-state index contributed by atoms with van der Waals surface area (Å²) in [7, 11) is 0. The average Bonchev–Trinajstić information content (AvgIpc) is 3.05. The number of nitrogens with one attached hydrogen (secondary N) is 2. The molecular weight excluding hydrogens is 310 g/mol. The van der Waals surface area contributed by atoms with Gasteiger partial charge < -0.3 is 24.9 Å². The second-order valence-electron chi connectivity index (χ2n) is 4.59. The Morgan fingerprint density at radius 2 is 2.13 bits per heavy atom. The van der Waals surface area contributed by atoms with Crippen LogP contribution in [0, 0.1) is 11.6 Å². The van der Waals surface area contributed by atoms with E-state index in [2.05, 4.69) is 10.6 Å². The molecule has 0 radical (unpaired) electrons. The fourth-order valence-electron chi connectivity index (χ4n) is 1.75. The second kappa shape index (κ2) is 8.14. The molecule has 0 saturated carbocycles. The van der Waals surface area contributed by atoms with Gasteiger partial charge in [-0.1, -0.05) is 0 Å². The molecule has 2 aromatic rings. The number of hydrogen-bond acceptors (Lipinski definition) is 4. The van der Waals surface area contributed by atoms with Crippen molar-refractivity contribution in [1.82, 2.24) is 10.6 Å². The van der Waals surface area contributed by atoms with Gasteiger partial charge >= 0.3 is 6.03 Å². The fourth-order valence-corrected chi connectivity index (χ4v) is 1.75. The maximum Gasteiger partial charge on any atom is 0.315 e. The minimum Gasteiger partial charge on any atom is -0.489 e. The molecule has 1 unspecified atom stereocenters. The van der Waals surface area contributed by atoms with Gasteiger partial charge in [0.15, 0.2) is 11.6 Å². The highest BCUT2D eigenvalue weighted by atomic mass is 19.1. The largest absolute Gasteiger partial charge is 0.489 e. The molecule has 2 rings (SSSR count). The third-order valence-electron chi connectivity index (χ3n) is 2.87. The van der Waals surface area contributed by atoms with Gasteiger partial charge in [0.1, 0.15) is 24.3 Å². The molecule has 0 aliphatic rings. The summed E-state index contributed by atoms with van der Waals surface area (Å²) in [5.74, 6) is -1.25. The number of ether oxygens (including phenoxy) is 1. The number of aliphatic hydroxyl groups excluding tert-OH is 1. The summed E-state index contributed by atoms with van der Waals surface area (Å²) in [4.78, 5) is 11.5. The molecule has 6 nitrogen and oxygen atoms in total. The maximum absolute atomic E-state index is 13.3. The van der Waals surface area contributed by atoms with Crippen LogP contribution in [0.1, 0.15) is 11.9 Å². The molecule has 0 bridgehead atoms. The summed E-state index contributed by atoms with van der Waals surface area (Å²) in [6.07, 6.45) is 0.477. The van der Waals surface area contributed by atoms with Crippen molar-refractivity contribution in [2.24, 2.45) is 0 Å². The molecule has 1 aromatic carbocycles. The quantitative estimate of drug-likeness (QED) is 0.679. The summed E-state index contributed by atoms with van der Waals surface area (Å²) in [6.45, 7) is 0.100. The Morgan fingerprint density at radius 3 is 2.83 bits per heavy atom. The van der Waals surface area contributed by atoms with Crippen molar-refractivity contribution >= 4 is 6.03 Å². The van der Waals surface area contributed by atoms with E-state index in [-0.39, 0.29) is 25.4 Å². The highest BCUT2D eigenvalue weighted by molar-refractivity contribution is 5.73. The molecule has 1 aromatic heterocycles. The van der Waals surface area contributed by atoms with Crippen LogP contribution in [-0.4, -0.2) is 30.8 Å². The molecule has 124 valence electrons. The number of hydrogen-bond donors (Lipinski definition) is 3. The van der Waals surface area contributed by atoms with Crippen LogP contribution in [0.5, 0.6) is 5.75 Å². The van der Waals surface area contributed by atoms with E-state index in [1.165, 1.54) is 12.3 Å². The first-order valence-corrected chi connectivity index (χ1v) is 6.87. The zero-order chi connectivity index (χ0) is 16.7. The lowest BCUT2D eigenvalue weighted by Crippen LogP contribution is -2.39. The molecule has 0 aliphatic carbocycles. The normalized spacial score (nSPS) is 11.8. The molecule has 23 heavy (non-hydrogen) atoms. The van der Waals surface area contributed by atoms with Gasteiger partial charge in [0.2, 0.25) is 0 Å². The summed E-state index contributed by atoms with van der Waals surface area (Å²) in [5, 5.41) is 14.6. The van der Waals surface area contributed by atoms with E-state index >= 15 is 0 Å². The van der Waals surface area contributed by atoms with Crippen molar-refractivity contribution < 1.29 is 27.8 Å². The topological polar surface area (TPSA) is 83.7 Å². The van der Waals surface area contributed by atoms with E-state index in [9.17, 15) is 18.7 Å². The Kier molecular flexibility index (Phi) is 5.93. The summed E-state index contributed by atoms with van der Waals surface area (Å²) in [6, 6.07) is 5.67. The average molecular weight is 326 g/mol. The lowest BCUT2D eigenvalue weighted by Gasteiger charge is -2.11. The molecule has 2 amide bonds. The van der Waals surface area contributed by atoms with Gasteiger partial charge in [-0.15, -0.1) is 0 Å². The summed E-state index contributed by atoms with van der Waals surface area (Å²) >= 11 is 0. The monoisotopic (exact) mass is 326 g/mol. The molecule has 0 spiro atoms. The number of furan rings is 1. The van der Waals surface area contributed by atoms with Gasteiger partial charge in [0, 0.05) is 6.07 Å². The minimum absolute atomic E-state index is 0.0106. The number of carbonyl (C=O) groups excluding carboxylic acids is 1. The summed E-state index contributed by atoms with van der Waals surface area (Å²) < 4.78 is 36.1. The van der Waals surface area contributed by atoms with Crippen molar-refractivity contribution in [2.45, 2.75) is 6.10 Å². The van der Waals surface area contributed by atoms with Crippen molar-refractivity contribution in [3.05, 3.63) is 54.0 Å². The Morgan fingerprint density at radius 1 is 1.30 bits per heavy atom. The molecule has 0 saturated heterocycles. The Balaban J connectivity index is 1.63. The number of carbonyl (C=O) groups is 1. The minimum atomic E-state index is -0.944. The molecular formula is C15H16F2N2O4. The zero-order valence-electron chi connectivity index (χ0n) is 12.1. The lowest BCUT2D eigenvalue weighted by atomic mass is 10.3. The molecule has 0 fully saturated rings. The van der Waals surface area contributed by atoms with Gasteiger partial charge in [-0.05, 0) is 24.3 Å². The highest BCUT2D eigenvalue weighted by Crippen LogP contribution is 2.17. The van der Waals surface area contributed by atoms with Crippen molar-refractivity contribution in [2.75, 3.05) is 19.7 Å². The number of rotatable bonds is 7. The van der Waals surface area contributed by atoms with E-state index in [0.717, 1.165) is 6.07 Å². The standard InChI is InChI=1S/C15H16F2N2O4/c16-10-3-4-13(11(17)8-10)23-7-5-18-15(21)19-9-12(20)14-2-1-6-22-14/h1-4,6,8,12,20H,5,7,9H2,(H2,18,19,21). The van der Waals surface area contributed by atoms with Crippen LogP contribution in [0.25, 0.3) is 0 Å². The first-order valence-electron chi connectivity index (χ1n) is 6.87. The molecule has 8 heteroatoms. The second-order valence-corrected chi connectivity index (χ2v) is 4.59. The first kappa shape index (κ1) is 16.8. The predicted octanol–water partition coefficient (Wildman–Crippen LogP) is 1.97. The van der Waals surface area contributed by atoms with E-state index in [1.54, 1.807) is 12.1 Å². The Bertz CT molecular complexity index is 634.